The van der Waals surface area contributed by atoms with E-state index in [0.29, 0.717) is 13.0 Å². The van der Waals surface area contributed by atoms with Crippen LogP contribution in [0.15, 0.2) is 24.3 Å². The molecule has 0 saturated heterocycles. The first-order valence-corrected chi connectivity index (χ1v) is 6.74. The highest BCUT2D eigenvalue weighted by Gasteiger charge is 2.38. The zero-order valence-electron chi connectivity index (χ0n) is 12.6. The second kappa shape index (κ2) is 7.26. The second-order valence-corrected chi connectivity index (χ2v) is 5.02. The van der Waals surface area contributed by atoms with Gasteiger partial charge >= 0.3 is 5.97 Å². The van der Waals surface area contributed by atoms with Crippen molar-refractivity contribution in [1.82, 2.24) is 10.2 Å². The predicted molar refractivity (Wildman–Crippen MR) is 79.2 cm³/mol. The van der Waals surface area contributed by atoms with Crippen molar-refractivity contribution in [3.63, 3.8) is 0 Å². The number of methoxy groups -OCH3 is 1. The van der Waals surface area contributed by atoms with Crippen LogP contribution in [0.5, 0.6) is 5.75 Å². The molecule has 1 unspecified atom stereocenters. The van der Waals surface area contributed by atoms with E-state index in [-0.39, 0.29) is 0 Å². The Kier molecular flexibility index (Phi) is 5.98. The summed E-state index contributed by atoms with van der Waals surface area (Å²) in [7, 11) is 5.52. The summed E-state index contributed by atoms with van der Waals surface area (Å²) in [5.74, 6) is -0.138. The van der Waals surface area contributed by atoms with Gasteiger partial charge in [-0.2, -0.15) is 0 Å². The van der Waals surface area contributed by atoms with Crippen LogP contribution in [-0.2, 0) is 10.3 Å². The number of hydrogen-bond acceptors (Lipinski definition) is 4. The first kappa shape index (κ1) is 16.5. The summed E-state index contributed by atoms with van der Waals surface area (Å²) in [6.45, 7) is 3.27. The molecule has 0 aliphatic heterocycles. The van der Waals surface area contributed by atoms with Crippen LogP contribution in [0.4, 0.5) is 0 Å². The molecule has 0 heterocycles. The zero-order chi connectivity index (χ0) is 15.2. The smallest absolute Gasteiger partial charge is 0.328 e. The number of carboxylic acid groups (broad SMARTS) is 1. The highest BCUT2D eigenvalue weighted by atomic mass is 16.5. The lowest BCUT2D eigenvalue weighted by molar-refractivity contribution is -0.145. The van der Waals surface area contributed by atoms with Crippen molar-refractivity contribution in [1.29, 1.82) is 0 Å². The quantitative estimate of drug-likeness (QED) is 0.756. The third kappa shape index (κ3) is 3.71. The highest BCUT2D eigenvalue weighted by molar-refractivity contribution is 5.80. The molecule has 5 heteroatoms. The Morgan fingerprint density at radius 1 is 1.35 bits per heavy atom. The van der Waals surface area contributed by atoms with Gasteiger partial charge in [0.25, 0.3) is 0 Å². The Morgan fingerprint density at radius 2 is 1.95 bits per heavy atom. The van der Waals surface area contributed by atoms with Gasteiger partial charge in [0.2, 0.25) is 0 Å². The zero-order valence-corrected chi connectivity index (χ0v) is 12.6. The van der Waals surface area contributed by atoms with Gasteiger partial charge < -0.3 is 14.7 Å². The van der Waals surface area contributed by atoms with Gasteiger partial charge in [-0.25, -0.2) is 4.79 Å². The largest absolute Gasteiger partial charge is 0.497 e. The molecule has 0 aromatic heterocycles. The first-order chi connectivity index (χ1) is 9.46. The van der Waals surface area contributed by atoms with E-state index in [1.807, 2.05) is 25.9 Å². The number of ether oxygens (including phenoxy) is 1. The maximum atomic E-state index is 11.8. The van der Waals surface area contributed by atoms with Gasteiger partial charge in [0.05, 0.1) is 7.11 Å². The molecule has 0 aliphatic carbocycles. The number of aliphatic carboxylic acids is 1. The van der Waals surface area contributed by atoms with Crippen LogP contribution in [-0.4, -0.2) is 50.3 Å². The minimum absolute atomic E-state index is 0.474. The molecule has 1 atom stereocenters. The first-order valence-electron chi connectivity index (χ1n) is 6.74. The topological polar surface area (TPSA) is 61.8 Å². The van der Waals surface area contributed by atoms with E-state index in [9.17, 15) is 9.90 Å². The summed E-state index contributed by atoms with van der Waals surface area (Å²) in [6.07, 6.45) is 0.474. The number of carbonyl (C=O) groups is 1. The number of likely N-dealkylation sites (N-methyl/N-ethyl adjacent to an activating group) is 1. The monoisotopic (exact) mass is 280 g/mol. The van der Waals surface area contributed by atoms with Gasteiger partial charge in [-0.1, -0.05) is 19.1 Å². The molecule has 0 aliphatic rings. The molecule has 1 rings (SSSR count). The SMILES string of the molecule is CCC(NCCN(C)C)(C(=O)O)c1ccc(OC)cc1. The number of carboxylic acids is 1. The summed E-state index contributed by atoms with van der Waals surface area (Å²) in [5.41, 5.74) is -0.311. The number of hydrogen-bond donors (Lipinski definition) is 2. The second-order valence-electron chi connectivity index (χ2n) is 5.02. The van der Waals surface area contributed by atoms with Crippen LogP contribution in [0.2, 0.25) is 0 Å². The highest BCUT2D eigenvalue weighted by Crippen LogP contribution is 2.27. The Hall–Kier alpha value is -1.59. The number of nitrogens with one attached hydrogen (secondary N) is 1. The molecule has 0 radical (unpaired) electrons. The molecule has 20 heavy (non-hydrogen) atoms. The fraction of sp³-hybridized carbons (Fsp3) is 0.533. The summed E-state index contributed by atoms with van der Waals surface area (Å²) in [6, 6.07) is 7.19. The summed E-state index contributed by atoms with van der Waals surface area (Å²) >= 11 is 0. The van der Waals surface area contributed by atoms with E-state index < -0.39 is 11.5 Å². The van der Waals surface area contributed by atoms with Crippen LogP contribution in [0.3, 0.4) is 0 Å². The minimum atomic E-state index is -1.05. The Bertz CT molecular complexity index is 431. The van der Waals surface area contributed by atoms with Crippen molar-refractivity contribution in [3.05, 3.63) is 29.8 Å². The molecule has 5 nitrogen and oxygen atoms in total. The Balaban J connectivity index is 2.99. The normalized spacial score (nSPS) is 14.1. The Labute approximate surface area is 120 Å². The van der Waals surface area contributed by atoms with Crippen LogP contribution in [0.1, 0.15) is 18.9 Å². The maximum absolute atomic E-state index is 11.8. The summed E-state index contributed by atoms with van der Waals surface area (Å²) in [4.78, 5) is 13.8. The molecule has 0 amide bonds. The van der Waals surface area contributed by atoms with Crippen molar-refractivity contribution in [2.24, 2.45) is 0 Å². The summed E-state index contributed by atoms with van der Waals surface area (Å²) < 4.78 is 5.11. The van der Waals surface area contributed by atoms with Crippen molar-refractivity contribution in [2.45, 2.75) is 18.9 Å². The van der Waals surface area contributed by atoms with Crippen molar-refractivity contribution in [2.75, 3.05) is 34.3 Å². The van der Waals surface area contributed by atoms with Gasteiger partial charge in [-0.15, -0.1) is 0 Å². The van der Waals surface area contributed by atoms with E-state index in [1.165, 1.54) is 0 Å². The molecular formula is C15H24N2O3. The average Bonchev–Trinajstić information content (AvgIpc) is 2.43. The summed E-state index contributed by atoms with van der Waals surface area (Å²) in [5, 5.41) is 12.8. The maximum Gasteiger partial charge on any atom is 0.328 e. The molecule has 2 N–H and O–H groups in total. The van der Waals surface area contributed by atoms with E-state index >= 15 is 0 Å². The van der Waals surface area contributed by atoms with Crippen molar-refractivity contribution < 1.29 is 14.6 Å². The number of nitrogens with zero attached hydrogens (tertiary/aromatic N) is 1. The number of benzene rings is 1. The predicted octanol–water partition coefficient (Wildman–Crippen LogP) is 1.54. The van der Waals surface area contributed by atoms with Gasteiger partial charge in [0, 0.05) is 13.1 Å². The van der Waals surface area contributed by atoms with E-state index in [4.69, 9.17) is 4.74 Å². The standard InChI is InChI=1S/C15H24N2O3/c1-5-15(14(18)19,16-10-11-17(2)3)12-6-8-13(20-4)9-7-12/h6-9,16H,5,10-11H2,1-4H3,(H,18,19). The molecule has 112 valence electrons. The van der Waals surface area contributed by atoms with Gasteiger partial charge in [-0.05, 0) is 38.2 Å². The van der Waals surface area contributed by atoms with E-state index in [1.54, 1.807) is 31.4 Å². The van der Waals surface area contributed by atoms with Crippen molar-refractivity contribution in [3.8, 4) is 5.75 Å². The van der Waals surface area contributed by atoms with Crippen LogP contribution < -0.4 is 10.1 Å². The van der Waals surface area contributed by atoms with Crippen LogP contribution in [0.25, 0.3) is 0 Å². The lowest BCUT2D eigenvalue weighted by atomic mass is 9.87. The lowest BCUT2D eigenvalue weighted by Gasteiger charge is -2.31. The fourth-order valence-electron chi connectivity index (χ4n) is 2.15. The molecular weight excluding hydrogens is 256 g/mol. The third-order valence-corrected chi connectivity index (χ3v) is 3.46. The molecule has 0 bridgehead atoms. The van der Waals surface area contributed by atoms with E-state index in [0.717, 1.165) is 17.9 Å². The number of rotatable bonds is 8. The van der Waals surface area contributed by atoms with E-state index in [2.05, 4.69) is 5.32 Å². The molecule has 1 aromatic rings. The van der Waals surface area contributed by atoms with Gasteiger partial charge in [0.1, 0.15) is 11.3 Å². The lowest BCUT2D eigenvalue weighted by Crippen LogP contribution is -2.50. The average molecular weight is 280 g/mol. The minimum Gasteiger partial charge on any atom is -0.497 e. The van der Waals surface area contributed by atoms with Crippen molar-refractivity contribution >= 4 is 5.97 Å². The van der Waals surface area contributed by atoms with Gasteiger partial charge in [0.15, 0.2) is 0 Å². The fourth-order valence-corrected chi connectivity index (χ4v) is 2.15. The third-order valence-electron chi connectivity index (χ3n) is 3.46. The van der Waals surface area contributed by atoms with Crippen LogP contribution in [0, 0.1) is 0 Å². The molecule has 0 saturated carbocycles. The Morgan fingerprint density at radius 3 is 2.35 bits per heavy atom. The molecule has 0 spiro atoms. The molecule has 1 aromatic carbocycles. The molecule has 0 fully saturated rings. The van der Waals surface area contributed by atoms with Gasteiger partial charge in [-0.3, -0.25) is 5.32 Å². The van der Waals surface area contributed by atoms with Crippen LogP contribution >= 0.6 is 0 Å².